The fourth-order valence-corrected chi connectivity index (χ4v) is 2.04. The van der Waals surface area contributed by atoms with Crippen LogP contribution in [0.1, 0.15) is 33.6 Å². The Labute approximate surface area is 104 Å². The Morgan fingerprint density at radius 3 is 2.61 bits per heavy atom. The summed E-state index contributed by atoms with van der Waals surface area (Å²) in [5.74, 6) is 0.455. The van der Waals surface area contributed by atoms with E-state index in [-0.39, 0.29) is 11.8 Å². The van der Waals surface area contributed by atoms with Gasteiger partial charge in [-0.2, -0.15) is 0 Å². The van der Waals surface area contributed by atoms with Crippen molar-refractivity contribution >= 4 is 23.3 Å². The van der Waals surface area contributed by atoms with Crippen molar-refractivity contribution in [1.82, 2.24) is 4.90 Å². The molecule has 0 bridgehead atoms. The minimum atomic E-state index is -0.281. The molecule has 1 fully saturated rings. The number of hydrogen-bond acceptors (Lipinski definition) is 3. The molecule has 18 heavy (non-hydrogen) atoms. The summed E-state index contributed by atoms with van der Waals surface area (Å²) in [5.41, 5.74) is 7.31. The normalized spacial score (nSPS) is 19.4. The van der Waals surface area contributed by atoms with E-state index < -0.39 is 0 Å². The number of rotatable bonds is 2. The van der Waals surface area contributed by atoms with Crippen LogP contribution in [0.5, 0.6) is 0 Å². The molecule has 1 aromatic carbocycles. The number of amides is 2. The van der Waals surface area contributed by atoms with Gasteiger partial charge >= 0.3 is 0 Å². The Morgan fingerprint density at radius 2 is 1.94 bits per heavy atom. The zero-order chi connectivity index (χ0) is 12.9. The van der Waals surface area contributed by atoms with Gasteiger partial charge in [0.25, 0.3) is 11.8 Å². The summed E-state index contributed by atoms with van der Waals surface area (Å²) in [7, 11) is 1.48. The second-order valence-electron chi connectivity index (χ2n) is 4.71. The van der Waals surface area contributed by atoms with E-state index in [4.69, 9.17) is 5.73 Å². The summed E-state index contributed by atoms with van der Waals surface area (Å²) in [6.45, 7) is 0. The van der Waals surface area contributed by atoms with Gasteiger partial charge in [0.1, 0.15) is 5.84 Å². The minimum absolute atomic E-state index is 0.263. The fourth-order valence-electron chi connectivity index (χ4n) is 2.04. The number of hydrogen-bond donors (Lipinski definition) is 1. The molecule has 92 valence electrons. The maximum atomic E-state index is 11.8. The first kappa shape index (κ1) is 11.0. The lowest BCUT2D eigenvalue weighted by atomic mass is 10.1. The number of carbonyl (C=O) groups excluding carboxylic acids is 2. The second kappa shape index (κ2) is 3.66. The zero-order valence-corrected chi connectivity index (χ0v) is 10.0. The van der Waals surface area contributed by atoms with E-state index in [2.05, 4.69) is 4.99 Å². The standard InChI is InChI=1S/C13H13N3O2/c1-16-12(17)9-5-4-8(6-10(9)13(16)18)15-11(14)7-2-3-7/h4-7H,2-3H2,1H3,(H2,14,15). The zero-order valence-electron chi connectivity index (χ0n) is 10.0. The molecule has 2 aliphatic rings. The second-order valence-corrected chi connectivity index (χ2v) is 4.71. The minimum Gasteiger partial charge on any atom is -0.387 e. The topological polar surface area (TPSA) is 75.8 Å². The Kier molecular flexibility index (Phi) is 2.23. The monoisotopic (exact) mass is 243 g/mol. The van der Waals surface area contributed by atoms with E-state index >= 15 is 0 Å². The van der Waals surface area contributed by atoms with Crippen molar-refractivity contribution in [2.75, 3.05) is 7.05 Å². The van der Waals surface area contributed by atoms with Crippen LogP contribution < -0.4 is 5.73 Å². The average Bonchev–Trinajstić information content (AvgIpc) is 3.17. The van der Waals surface area contributed by atoms with Crippen molar-refractivity contribution in [2.45, 2.75) is 12.8 Å². The summed E-state index contributed by atoms with van der Waals surface area (Å²) in [4.78, 5) is 28.9. The lowest BCUT2D eigenvalue weighted by Crippen LogP contribution is -2.24. The summed E-state index contributed by atoms with van der Waals surface area (Å²) >= 11 is 0. The number of benzene rings is 1. The maximum absolute atomic E-state index is 11.8. The molecule has 2 amide bonds. The molecule has 1 aromatic rings. The van der Waals surface area contributed by atoms with Crippen LogP contribution in [0, 0.1) is 5.92 Å². The molecule has 1 heterocycles. The third-order valence-electron chi connectivity index (χ3n) is 3.33. The smallest absolute Gasteiger partial charge is 0.261 e. The van der Waals surface area contributed by atoms with Crippen molar-refractivity contribution in [2.24, 2.45) is 16.6 Å². The van der Waals surface area contributed by atoms with Crippen LogP contribution in [0.15, 0.2) is 23.2 Å². The Balaban J connectivity index is 2.00. The van der Waals surface area contributed by atoms with E-state index in [0.29, 0.717) is 28.6 Å². The number of carbonyl (C=O) groups is 2. The Hall–Kier alpha value is -2.17. The molecule has 1 aliphatic carbocycles. The fraction of sp³-hybridized carbons (Fsp3) is 0.308. The van der Waals surface area contributed by atoms with Gasteiger partial charge in [-0.25, -0.2) is 4.99 Å². The van der Waals surface area contributed by atoms with Crippen LogP contribution in [0.2, 0.25) is 0 Å². The van der Waals surface area contributed by atoms with E-state index in [1.165, 1.54) is 7.05 Å². The summed E-state index contributed by atoms with van der Waals surface area (Å²) < 4.78 is 0. The molecule has 0 saturated heterocycles. The molecule has 1 saturated carbocycles. The predicted molar refractivity (Wildman–Crippen MR) is 66.9 cm³/mol. The largest absolute Gasteiger partial charge is 0.387 e. The molecule has 1 aliphatic heterocycles. The number of nitrogens with zero attached hydrogens (tertiary/aromatic N) is 2. The third-order valence-corrected chi connectivity index (χ3v) is 3.33. The van der Waals surface area contributed by atoms with E-state index in [9.17, 15) is 9.59 Å². The van der Waals surface area contributed by atoms with Gasteiger partial charge in [-0.1, -0.05) is 0 Å². The molecule has 0 atom stereocenters. The highest BCUT2D eigenvalue weighted by Gasteiger charge is 2.33. The number of fused-ring (bicyclic) bond motifs is 1. The van der Waals surface area contributed by atoms with Crippen molar-refractivity contribution < 1.29 is 9.59 Å². The average molecular weight is 243 g/mol. The predicted octanol–water partition coefficient (Wildman–Crippen LogP) is 1.31. The highest BCUT2D eigenvalue weighted by molar-refractivity contribution is 6.21. The molecular formula is C13H13N3O2. The van der Waals surface area contributed by atoms with Crippen molar-refractivity contribution in [3.05, 3.63) is 29.3 Å². The van der Waals surface area contributed by atoms with Gasteiger partial charge in [-0.05, 0) is 31.0 Å². The van der Waals surface area contributed by atoms with Crippen molar-refractivity contribution in [1.29, 1.82) is 0 Å². The van der Waals surface area contributed by atoms with Crippen LogP contribution >= 0.6 is 0 Å². The van der Waals surface area contributed by atoms with E-state index in [1.807, 2.05) is 0 Å². The lowest BCUT2D eigenvalue weighted by Gasteiger charge is -2.02. The first-order chi connectivity index (χ1) is 8.58. The first-order valence-corrected chi connectivity index (χ1v) is 5.88. The van der Waals surface area contributed by atoms with Crippen LogP contribution in [-0.4, -0.2) is 29.6 Å². The van der Waals surface area contributed by atoms with Crippen LogP contribution in [-0.2, 0) is 0 Å². The summed E-state index contributed by atoms with van der Waals surface area (Å²) in [6.07, 6.45) is 2.17. The molecule has 0 unspecified atom stereocenters. The number of imide groups is 1. The van der Waals surface area contributed by atoms with E-state index in [0.717, 1.165) is 17.7 Å². The highest BCUT2D eigenvalue weighted by Crippen LogP contribution is 2.31. The van der Waals surface area contributed by atoms with Gasteiger partial charge in [0.15, 0.2) is 0 Å². The van der Waals surface area contributed by atoms with Gasteiger partial charge in [0.05, 0.1) is 16.8 Å². The Bertz CT molecular complexity index is 588. The van der Waals surface area contributed by atoms with Gasteiger partial charge in [-0.15, -0.1) is 0 Å². The van der Waals surface area contributed by atoms with Crippen LogP contribution in [0.3, 0.4) is 0 Å². The Morgan fingerprint density at radius 1 is 1.28 bits per heavy atom. The van der Waals surface area contributed by atoms with E-state index in [1.54, 1.807) is 18.2 Å². The quantitative estimate of drug-likeness (QED) is 0.483. The van der Waals surface area contributed by atoms with Gasteiger partial charge < -0.3 is 5.73 Å². The molecule has 3 rings (SSSR count). The third kappa shape index (κ3) is 1.59. The number of nitrogens with two attached hydrogens (primary N) is 1. The SMILES string of the molecule is CN1C(=O)c2ccc(N=C(N)C3CC3)cc2C1=O. The lowest BCUT2D eigenvalue weighted by molar-refractivity contribution is 0.0693. The summed E-state index contributed by atoms with van der Waals surface area (Å²) in [5, 5.41) is 0. The van der Waals surface area contributed by atoms with Crippen molar-refractivity contribution in [3.63, 3.8) is 0 Å². The molecule has 0 aromatic heterocycles. The van der Waals surface area contributed by atoms with Crippen molar-refractivity contribution in [3.8, 4) is 0 Å². The molecule has 0 spiro atoms. The molecular weight excluding hydrogens is 230 g/mol. The molecule has 2 N–H and O–H groups in total. The van der Waals surface area contributed by atoms with Gasteiger partial charge in [-0.3, -0.25) is 14.5 Å². The maximum Gasteiger partial charge on any atom is 0.261 e. The first-order valence-electron chi connectivity index (χ1n) is 5.88. The summed E-state index contributed by atoms with van der Waals surface area (Å²) in [6, 6.07) is 4.99. The van der Waals surface area contributed by atoms with Crippen LogP contribution in [0.4, 0.5) is 5.69 Å². The molecule has 0 radical (unpaired) electrons. The number of aliphatic imine (C=N–C) groups is 1. The van der Waals surface area contributed by atoms with Crippen LogP contribution in [0.25, 0.3) is 0 Å². The highest BCUT2D eigenvalue weighted by atomic mass is 16.2. The molecule has 5 nitrogen and oxygen atoms in total. The van der Waals surface area contributed by atoms with Gasteiger partial charge in [0, 0.05) is 13.0 Å². The molecule has 5 heteroatoms. The van der Waals surface area contributed by atoms with Gasteiger partial charge in [0.2, 0.25) is 0 Å². The number of amidine groups is 1.